The largest absolute Gasteiger partial charge is 0.352 e. The topological polar surface area (TPSA) is 52.6 Å². The van der Waals surface area contributed by atoms with Gasteiger partial charge in [-0.1, -0.05) is 30.7 Å². The number of hydrogen-bond donors (Lipinski definition) is 2. The summed E-state index contributed by atoms with van der Waals surface area (Å²) in [6.07, 6.45) is 5.94. The Morgan fingerprint density at radius 3 is 2.54 bits per heavy atom. The van der Waals surface area contributed by atoms with Crippen LogP contribution >= 0.6 is 35.3 Å². The van der Waals surface area contributed by atoms with Gasteiger partial charge in [0.2, 0.25) is 0 Å². The molecule has 1 aromatic carbocycles. The van der Waals surface area contributed by atoms with Gasteiger partial charge in [-0.2, -0.15) is 0 Å². The number of thiazole rings is 1. The Balaban J connectivity index is 0.00000280. The number of aliphatic imine (C=N–C) groups is 1. The van der Waals surface area contributed by atoms with Gasteiger partial charge in [0.1, 0.15) is 5.01 Å². The minimum absolute atomic E-state index is 0. The Morgan fingerprint density at radius 2 is 1.89 bits per heavy atom. The maximum Gasteiger partial charge on any atom is 0.191 e. The summed E-state index contributed by atoms with van der Waals surface area (Å²) >= 11 is 1.71. The zero-order valence-corrected chi connectivity index (χ0v) is 20.2. The minimum Gasteiger partial charge on any atom is -0.352 e. The van der Waals surface area contributed by atoms with Crippen LogP contribution in [0.4, 0.5) is 0 Å². The Labute approximate surface area is 190 Å². The van der Waals surface area contributed by atoms with E-state index in [0.29, 0.717) is 12.6 Å². The van der Waals surface area contributed by atoms with Crippen LogP contribution in [-0.2, 0) is 19.6 Å². The minimum atomic E-state index is 0. The Hall–Kier alpha value is -1.19. The van der Waals surface area contributed by atoms with Gasteiger partial charge in [-0.15, -0.1) is 35.3 Å². The predicted molar refractivity (Wildman–Crippen MR) is 129 cm³/mol. The van der Waals surface area contributed by atoms with Crippen molar-refractivity contribution in [2.24, 2.45) is 4.99 Å². The van der Waals surface area contributed by atoms with E-state index in [2.05, 4.69) is 63.6 Å². The molecule has 1 aromatic heterocycles. The molecule has 3 rings (SSSR count). The number of likely N-dealkylation sites (tertiary alicyclic amines) is 1. The standard InChI is InChI=1S/C21H31N5S.HI/c1-16-6-4-5-11-26(16)15-19-9-7-18(8-10-19)13-24-21(22-3)25-14-20-23-12-17(2)27-20;/h7-10,12,16H,4-6,11,13-15H2,1-3H3,(H2,22,24,25);1H. The highest BCUT2D eigenvalue weighted by molar-refractivity contribution is 14.0. The number of aryl methyl sites for hydroxylation is 1. The summed E-state index contributed by atoms with van der Waals surface area (Å²) in [6.45, 7) is 8.17. The number of guanidine groups is 1. The molecule has 1 fully saturated rings. The highest BCUT2D eigenvalue weighted by Gasteiger charge is 2.17. The monoisotopic (exact) mass is 513 g/mol. The van der Waals surface area contributed by atoms with Crippen molar-refractivity contribution in [3.63, 3.8) is 0 Å². The molecule has 0 aliphatic carbocycles. The maximum atomic E-state index is 4.37. The van der Waals surface area contributed by atoms with Gasteiger partial charge >= 0.3 is 0 Å². The number of nitrogens with zero attached hydrogens (tertiary/aromatic N) is 3. The van der Waals surface area contributed by atoms with Gasteiger partial charge in [0.05, 0.1) is 6.54 Å². The van der Waals surface area contributed by atoms with Crippen LogP contribution in [-0.4, -0.2) is 35.5 Å². The molecule has 0 spiro atoms. The van der Waals surface area contributed by atoms with Crippen LogP contribution in [0, 0.1) is 6.92 Å². The first-order chi connectivity index (χ1) is 13.1. The van der Waals surface area contributed by atoms with Gasteiger partial charge < -0.3 is 10.6 Å². The number of piperidine rings is 1. The van der Waals surface area contributed by atoms with Crippen molar-refractivity contribution in [1.29, 1.82) is 0 Å². The third kappa shape index (κ3) is 7.00. The SMILES string of the molecule is CN=C(NCc1ccc(CN2CCCCC2C)cc1)NCc1ncc(C)s1.I. The molecule has 28 heavy (non-hydrogen) atoms. The van der Waals surface area contributed by atoms with Gasteiger partial charge in [0.15, 0.2) is 5.96 Å². The molecule has 154 valence electrons. The summed E-state index contributed by atoms with van der Waals surface area (Å²) < 4.78 is 0. The molecule has 2 N–H and O–H groups in total. The first-order valence-corrected chi connectivity index (χ1v) is 10.6. The van der Waals surface area contributed by atoms with E-state index in [0.717, 1.165) is 24.1 Å². The molecule has 0 amide bonds. The van der Waals surface area contributed by atoms with Crippen LogP contribution < -0.4 is 10.6 Å². The number of nitrogens with one attached hydrogen (secondary N) is 2. The number of aromatic nitrogens is 1. The van der Waals surface area contributed by atoms with E-state index in [1.807, 2.05) is 6.20 Å². The quantitative estimate of drug-likeness (QED) is 0.344. The summed E-state index contributed by atoms with van der Waals surface area (Å²) in [5.74, 6) is 0.800. The second-order valence-electron chi connectivity index (χ2n) is 7.28. The van der Waals surface area contributed by atoms with Gasteiger partial charge in [-0.25, -0.2) is 4.98 Å². The third-order valence-corrected chi connectivity index (χ3v) is 6.02. The van der Waals surface area contributed by atoms with Gasteiger partial charge in [0.25, 0.3) is 0 Å². The normalized spacial score (nSPS) is 17.8. The molecular weight excluding hydrogens is 481 g/mol. The fourth-order valence-corrected chi connectivity index (χ4v) is 4.17. The van der Waals surface area contributed by atoms with Crippen molar-refractivity contribution in [2.45, 2.75) is 58.8 Å². The van der Waals surface area contributed by atoms with Gasteiger partial charge in [0, 0.05) is 37.3 Å². The Bertz CT molecular complexity index is 744. The average molecular weight is 513 g/mol. The zero-order chi connectivity index (χ0) is 19.1. The lowest BCUT2D eigenvalue weighted by Gasteiger charge is -2.33. The summed E-state index contributed by atoms with van der Waals surface area (Å²) in [5.41, 5.74) is 2.66. The van der Waals surface area contributed by atoms with Crippen molar-refractivity contribution in [3.8, 4) is 0 Å². The zero-order valence-electron chi connectivity index (χ0n) is 17.1. The molecule has 0 bridgehead atoms. The average Bonchev–Trinajstić information content (AvgIpc) is 3.10. The van der Waals surface area contributed by atoms with Crippen molar-refractivity contribution >= 4 is 41.3 Å². The van der Waals surface area contributed by atoms with Crippen molar-refractivity contribution in [3.05, 3.63) is 51.5 Å². The van der Waals surface area contributed by atoms with E-state index >= 15 is 0 Å². The second kappa shape index (κ2) is 11.7. The first-order valence-electron chi connectivity index (χ1n) is 9.81. The Kier molecular flexibility index (Phi) is 9.67. The van der Waals surface area contributed by atoms with E-state index in [4.69, 9.17) is 0 Å². The molecule has 1 unspecified atom stereocenters. The number of rotatable bonds is 6. The van der Waals surface area contributed by atoms with Gasteiger partial charge in [-0.3, -0.25) is 9.89 Å². The van der Waals surface area contributed by atoms with Crippen LogP contribution in [0.3, 0.4) is 0 Å². The van der Waals surface area contributed by atoms with E-state index < -0.39 is 0 Å². The Morgan fingerprint density at radius 1 is 1.18 bits per heavy atom. The summed E-state index contributed by atoms with van der Waals surface area (Å²) in [7, 11) is 1.80. The molecule has 1 aliphatic rings. The molecule has 5 nitrogen and oxygen atoms in total. The molecule has 0 radical (unpaired) electrons. The maximum absolute atomic E-state index is 4.37. The lowest BCUT2D eigenvalue weighted by Crippen LogP contribution is -2.36. The van der Waals surface area contributed by atoms with Crippen LogP contribution in [0.1, 0.15) is 47.2 Å². The lowest BCUT2D eigenvalue weighted by molar-refractivity contribution is 0.152. The van der Waals surface area contributed by atoms with E-state index in [-0.39, 0.29) is 24.0 Å². The van der Waals surface area contributed by atoms with Crippen LogP contribution in [0.25, 0.3) is 0 Å². The second-order valence-corrected chi connectivity index (χ2v) is 8.60. The van der Waals surface area contributed by atoms with Gasteiger partial charge in [-0.05, 0) is 44.4 Å². The highest BCUT2D eigenvalue weighted by Crippen LogP contribution is 2.19. The van der Waals surface area contributed by atoms with Crippen LogP contribution in [0.2, 0.25) is 0 Å². The van der Waals surface area contributed by atoms with Crippen molar-refractivity contribution in [1.82, 2.24) is 20.5 Å². The lowest BCUT2D eigenvalue weighted by atomic mass is 10.0. The summed E-state index contributed by atoms with van der Waals surface area (Å²) in [6, 6.07) is 9.65. The number of hydrogen-bond acceptors (Lipinski definition) is 4. The smallest absolute Gasteiger partial charge is 0.191 e. The predicted octanol–water partition coefficient (Wildman–Crippen LogP) is 4.31. The van der Waals surface area contributed by atoms with Crippen molar-refractivity contribution < 1.29 is 0 Å². The van der Waals surface area contributed by atoms with E-state index in [1.165, 1.54) is 41.8 Å². The molecule has 1 atom stereocenters. The fourth-order valence-electron chi connectivity index (χ4n) is 3.44. The third-order valence-electron chi connectivity index (χ3n) is 5.11. The molecule has 2 aromatic rings. The summed E-state index contributed by atoms with van der Waals surface area (Å²) in [4.78, 5) is 12.5. The first kappa shape index (κ1) is 23.1. The molecular formula is C21H32IN5S. The number of benzene rings is 1. The molecule has 1 aliphatic heterocycles. The van der Waals surface area contributed by atoms with E-state index in [1.54, 1.807) is 18.4 Å². The molecule has 7 heteroatoms. The fraction of sp³-hybridized carbons (Fsp3) is 0.524. The summed E-state index contributed by atoms with van der Waals surface area (Å²) in [5, 5.41) is 7.77. The molecule has 2 heterocycles. The highest BCUT2D eigenvalue weighted by atomic mass is 127. The molecule has 1 saturated heterocycles. The van der Waals surface area contributed by atoms with Crippen molar-refractivity contribution in [2.75, 3.05) is 13.6 Å². The molecule has 0 saturated carbocycles. The van der Waals surface area contributed by atoms with E-state index in [9.17, 15) is 0 Å². The van der Waals surface area contributed by atoms with Crippen LogP contribution in [0.5, 0.6) is 0 Å². The number of halogens is 1. The van der Waals surface area contributed by atoms with Crippen LogP contribution in [0.15, 0.2) is 35.5 Å².